The monoisotopic (exact) mass is 362 g/mol. The highest BCUT2D eigenvalue weighted by Gasteiger charge is 2.71. The molecule has 0 radical (unpaired) electrons. The maximum absolute atomic E-state index is 13.2. The van der Waals surface area contributed by atoms with Crippen LogP contribution in [0.3, 0.4) is 0 Å². The Hall–Kier alpha value is -2.99. The van der Waals surface area contributed by atoms with E-state index in [4.69, 9.17) is 0 Å². The van der Waals surface area contributed by atoms with Crippen molar-refractivity contribution in [2.45, 2.75) is 12.0 Å². The maximum Gasteiger partial charge on any atom is 0.291 e. The average molecular weight is 362 g/mol. The Balaban J connectivity index is 1.47. The van der Waals surface area contributed by atoms with Crippen LogP contribution in [0.4, 0.5) is 5.69 Å². The van der Waals surface area contributed by atoms with Gasteiger partial charge in [-0.1, -0.05) is 48.5 Å². The minimum atomic E-state index is -1.02. The first-order valence-corrected chi connectivity index (χ1v) is 9.27. The molecule has 0 aromatic heterocycles. The second-order valence-corrected chi connectivity index (χ2v) is 7.46. The maximum atomic E-state index is 13.2. The second-order valence-electron chi connectivity index (χ2n) is 7.46. The number of quaternary nitrogens is 1. The summed E-state index contributed by atoms with van der Waals surface area (Å²) in [6.07, 6.45) is 0.622. The fourth-order valence-electron chi connectivity index (χ4n) is 4.90. The predicted octanol–water partition coefficient (Wildman–Crippen LogP) is 0.255. The number of likely N-dealkylation sites (tertiary alicyclic amines) is 1. The van der Waals surface area contributed by atoms with Crippen molar-refractivity contribution in [3.8, 4) is 0 Å². The molecule has 0 unspecified atom stereocenters. The van der Waals surface area contributed by atoms with Crippen LogP contribution in [0.15, 0.2) is 54.6 Å². The molecule has 2 aromatic carbocycles. The van der Waals surface area contributed by atoms with E-state index in [0.717, 1.165) is 16.8 Å². The van der Waals surface area contributed by atoms with Gasteiger partial charge in [0.1, 0.15) is 11.8 Å². The Kier molecular flexibility index (Phi) is 3.45. The van der Waals surface area contributed by atoms with E-state index >= 15 is 0 Å². The Morgan fingerprint density at radius 2 is 1.74 bits per heavy atom. The van der Waals surface area contributed by atoms with Crippen LogP contribution in [0.1, 0.15) is 11.1 Å². The Bertz CT molecular complexity index is 958. The third-order valence-electron chi connectivity index (χ3n) is 6.17. The molecular formula is C21H20N3O3+. The van der Waals surface area contributed by atoms with Crippen LogP contribution in [0.25, 0.3) is 0 Å². The molecule has 3 aliphatic heterocycles. The van der Waals surface area contributed by atoms with Crippen molar-refractivity contribution in [3.63, 3.8) is 0 Å². The van der Waals surface area contributed by atoms with Crippen LogP contribution in [0.2, 0.25) is 0 Å². The van der Waals surface area contributed by atoms with E-state index in [0.29, 0.717) is 19.5 Å². The first-order chi connectivity index (χ1) is 13.1. The number of rotatable bonds is 3. The predicted molar refractivity (Wildman–Crippen MR) is 97.4 cm³/mol. The van der Waals surface area contributed by atoms with E-state index in [2.05, 4.69) is 5.32 Å². The van der Waals surface area contributed by atoms with Gasteiger partial charge in [-0.2, -0.15) is 0 Å². The summed E-state index contributed by atoms with van der Waals surface area (Å²) in [5, 5.41) is 4.78. The van der Waals surface area contributed by atoms with Crippen LogP contribution < -0.4 is 10.6 Å². The van der Waals surface area contributed by atoms with E-state index < -0.39 is 17.4 Å². The molecule has 0 saturated carbocycles. The lowest BCUT2D eigenvalue weighted by atomic mass is 9.77. The lowest BCUT2D eigenvalue weighted by Crippen LogP contribution is -2.95. The third-order valence-corrected chi connectivity index (χ3v) is 6.17. The summed E-state index contributed by atoms with van der Waals surface area (Å²) >= 11 is 0. The van der Waals surface area contributed by atoms with Gasteiger partial charge >= 0.3 is 0 Å². The Labute approximate surface area is 156 Å². The lowest BCUT2D eigenvalue weighted by Gasteiger charge is -2.25. The van der Waals surface area contributed by atoms with Crippen LogP contribution in [-0.2, 0) is 26.3 Å². The molecule has 5 rings (SSSR count). The van der Waals surface area contributed by atoms with E-state index in [1.165, 1.54) is 4.90 Å². The Morgan fingerprint density at radius 1 is 1.00 bits per heavy atom. The number of para-hydroxylation sites is 1. The van der Waals surface area contributed by atoms with Crippen molar-refractivity contribution in [2.75, 3.05) is 18.4 Å². The number of anilines is 1. The van der Waals surface area contributed by atoms with Gasteiger partial charge in [0.05, 0.1) is 12.2 Å². The second kappa shape index (κ2) is 5.76. The highest BCUT2D eigenvalue weighted by molar-refractivity contribution is 6.13. The quantitative estimate of drug-likeness (QED) is 0.768. The van der Waals surface area contributed by atoms with Crippen molar-refractivity contribution in [1.29, 1.82) is 0 Å². The summed E-state index contributed by atoms with van der Waals surface area (Å²) < 4.78 is 0. The summed E-state index contributed by atoms with van der Waals surface area (Å²) in [5.41, 5.74) is 1.62. The first-order valence-electron chi connectivity index (χ1n) is 9.27. The molecule has 136 valence electrons. The molecular weight excluding hydrogens is 342 g/mol. The summed E-state index contributed by atoms with van der Waals surface area (Å²) in [4.78, 5) is 40.4. The van der Waals surface area contributed by atoms with Gasteiger partial charge in [-0.15, -0.1) is 0 Å². The molecule has 27 heavy (non-hydrogen) atoms. The molecule has 3 heterocycles. The molecule has 2 saturated heterocycles. The van der Waals surface area contributed by atoms with Gasteiger partial charge in [0.25, 0.3) is 5.91 Å². The molecule has 3 amide bonds. The average Bonchev–Trinajstić information content (AvgIpc) is 3.29. The smallest absolute Gasteiger partial charge is 0.291 e. The number of nitrogens with zero attached hydrogens (tertiary/aromatic N) is 1. The number of hydrogen-bond acceptors (Lipinski definition) is 3. The van der Waals surface area contributed by atoms with Crippen molar-refractivity contribution in [1.82, 2.24) is 4.90 Å². The van der Waals surface area contributed by atoms with E-state index in [1.54, 1.807) is 0 Å². The zero-order chi connectivity index (χ0) is 18.6. The molecule has 6 heteroatoms. The number of amides is 3. The highest BCUT2D eigenvalue weighted by Crippen LogP contribution is 2.47. The van der Waals surface area contributed by atoms with Crippen molar-refractivity contribution >= 4 is 23.4 Å². The number of imide groups is 1. The number of fused-ring (bicyclic) bond motifs is 4. The van der Waals surface area contributed by atoms with Crippen molar-refractivity contribution in [2.24, 2.45) is 11.8 Å². The molecule has 2 fully saturated rings. The van der Waals surface area contributed by atoms with Gasteiger partial charge in [0, 0.05) is 12.1 Å². The molecule has 0 bridgehead atoms. The third kappa shape index (κ3) is 2.13. The number of nitrogens with two attached hydrogens (primary N) is 1. The van der Waals surface area contributed by atoms with Gasteiger partial charge in [0.15, 0.2) is 0 Å². The van der Waals surface area contributed by atoms with Crippen molar-refractivity contribution in [3.05, 3.63) is 65.7 Å². The summed E-state index contributed by atoms with van der Waals surface area (Å²) in [6, 6.07) is 17.3. The zero-order valence-electron chi connectivity index (χ0n) is 14.7. The molecule has 6 nitrogen and oxygen atoms in total. The highest BCUT2D eigenvalue weighted by atomic mass is 16.2. The zero-order valence-corrected chi connectivity index (χ0v) is 14.7. The van der Waals surface area contributed by atoms with E-state index in [-0.39, 0.29) is 17.7 Å². The number of hydrogen-bond donors (Lipinski definition) is 2. The van der Waals surface area contributed by atoms with Crippen molar-refractivity contribution < 1.29 is 19.7 Å². The Morgan fingerprint density at radius 3 is 2.56 bits per heavy atom. The topological polar surface area (TPSA) is 83.1 Å². The molecule has 3 N–H and O–H groups in total. The van der Waals surface area contributed by atoms with Crippen LogP contribution in [0, 0.1) is 11.8 Å². The molecule has 2 aromatic rings. The standard InChI is InChI=1S/C21H19N3O3/c25-18-14-12-22-21(15-8-4-5-9-16(15)23-20(21)27)17(14)19(26)24(18)11-10-13-6-2-1-3-7-13/h1-9,14,17,22H,10-12H2,(H,23,27)/p+1/t14-,17+,21-/m0/s1. The summed E-state index contributed by atoms with van der Waals surface area (Å²) in [7, 11) is 0. The summed E-state index contributed by atoms with van der Waals surface area (Å²) in [6.45, 7) is 0.812. The largest absolute Gasteiger partial charge is 0.328 e. The van der Waals surface area contributed by atoms with Gasteiger partial charge in [-0.25, -0.2) is 0 Å². The molecule has 0 aliphatic carbocycles. The van der Waals surface area contributed by atoms with Gasteiger partial charge in [-0.3, -0.25) is 19.3 Å². The van der Waals surface area contributed by atoms with Gasteiger partial charge in [0.2, 0.25) is 17.4 Å². The molecule has 3 atom stereocenters. The number of benzene rings is 2. The summed E-state index contributed by atoms with van der Waals surface area (Å²) in [5.74, 6) is -1.63. The molecule has 1 spiro atoms. The fourth-order valence-corrected chi connectivity index (χ4v) is 4.90. The number of carbonyl (C=O) groups excluding carboxylic acids is 3. The van der Waals surface area contributed by atoms with Gasteiger partial charge in [-0.05, 0) is 18.1 Å². The van der Waals surface area contributed by atoms with Crippen LogP contribution in [0.5, 0.6) is 0 Å². The van der Waals surface area contributed by atoms with Crippen LogP contribution >= 0.6 is 0 Å². The van der Waals surface area contributed by atoms with Gasteiger partial charge < -0.3 is 10.6 Å². The normalized spacial score (nSPS) is 28.6. The first kappa shape index (κ1) is 16.2. The minimum absolute atomic E-state index is 0.147. The van der Waals surface area contributed by atoms with Crippen LogP contribution in [-0.4, -0.2) is 35.7 Å². The van der Waals surface area contributed by atoms with E-state index in [9.17, 15) is 14.4 Å². The lowest BCUT2D eigenvalue weighted by molar-refractivity contribution is -0.704. The fraction of sp³-hybridized carbons (Fsp3) is 0.286. The van der Waals surface area contributed by atoms with E-state index in [1.807, 2.05) is 59.9 Å². The number of carbonyl (C=O) groups is 3. The number of nitrogens with one attached hydrogen (secondary N) is 1. The minimum Gasteiger partial charge on any atom is -0.328 e. The molecule has 3 aliphatic rings. The SMILES string of the molecule is O=C1[C@H]2C[NH2+][C@]3(C(=O)Nc4ccccc43)[C@H]2C(=O)N1CCc1ccccc1.